The van der Waals surface area contributed by atoms with Gasteiger partial charge in [-0.2, -0.15) is 0 Å². The van der Waals surface area contributed by atoms with Crippen molar-refractivity contribution in [1.29, 1.82) is 0 Å². The first kappa shape index (κ1) is 14.6. The van der Waals surface area contributed by atoms with Gasteiger partial charge in [0.05, 0.1) is 6.54 Å². The van der Waals surface area contributed by atoms with Crippen molar-refractivity contribution >= 4 is 17.7 Å². The molecule has 0 aliphatic heterocycles. The van der Waals surface area contributed by atoms with Crippen LogP contribution in [0.25, 0.3) is 0 Å². The highest BCUT2D eigenvalue weighted by molar-refractivity contribution is 7.99. The van der Waals surface area contributed by atoms with Gasteiger partial charge in [-0.1, -0.05) is 43.3 Å². The molecule has 2 aromatic rings. The number of hydrogen-bond donors (Lipinski definition) is 1. The molecule has 1 aromatic heterocycles. The monoisotopic (exact) mass is 291 g/mol. The highest BCUT2D eigenvalue weighted by atomic mass is 32.2. The number of nitrogens with one attached hydrogen (secondary N) is 1. The molecule has 1 amide bonds. The van der Waals surface area contributed by atoms with Crippen LogP contribution in [-0.2, 0) is 6.54 Å². The Labute approximate surface area is 122 Å². The van der Waals surface area contributed by atoms with E-state index in [2.05, 4.69) is 22.4 Å². The summed E-state index contributed by atoms with van der Waals surface area (Å²) in [6.45, 7) is 2.38. The number of thioether (sulfide) groups is 1. The van der Waals surface area contributed by atoms with Gasteiger partial charge in [-0.05, 0) is 18.6 Å². The van der Waals surface area contributed by atoms with Crippen LogP contribution >= 0.6 is 11.8 Å². The molecule has 0 spiro atoms. The first-order valence-corrected chi connectivity index (χ1v) is 7.56. The summed E-state index contributed by atoms with van der Waals surface area (Å²) in [6.07, 6.45) is 2.26. The molecule has 0 aliphatic rings. The summed E-state index contributed by atoms with van der Waals surface area (Å²) in [5.41, 5.74) is 0.615. The van der Waals surface area contributed by atoms with E-state index in [9.17, 15) is 4.79 Å². The molecule has 6 heteroatoms. The molecule has 0 atom stereocenters. The molecule has 0 radical (unpaired) electrons. The number of carbonyl (C=O) groups is 1. The quantitative estimate of drug-likeness (QED) is 0.627. The highest BCUT2D eigenvalue weighted by Gasteiger charge is 2.09. The van der Waals surface area contributed by atoms with Gasteiger partial charge in [0.25, 0.3) is 11.1 Å². The molecule has 0 aliphatic carbocycles. The molecule has 1 heterocycles. The van der Waals surface area contributed by atoms with Crippen LogP contribution in [0, 0.1) is 0 Å². The van der Waals surface area contributed by atoms with Gasteiger partial charge in [0, 0.05) is 11.3 Å². The number of benzene rings is 1. The van der Waals surface area contributed by atoms with Gasteiger partial charge in [0.15, 0.2) is 0 Å². The molecule has 20 heavy (non-hydrogen) atoms. The molecule has 2 rings (SSSR count). The average molecular weight is 291 g/mol. The Morgan fingerprint density at radius 3 is 2.85 bits per heavy atom. The van der Waals surface area contributed by atoms with E-state index in [-0.39, 0.29) is 12.5 Å². The fourth-order valence-electron chi connectivity index (χ4n) is 1.52. The van der Waals surface area contributed by atoms with Gasteiger partial charge in [0.1, 0.15) is 0 Å². The Kier molecular flexibility index (Phi) is 5.61. The molecular weight excluding hydrogens is 274 g/mol. The first-order chi connectivity index (χ1) is 9.79. The molecule has 1 aromatic carbocycles. The topological polar surface area (TPSA) is 68.0 Å². The van der Waals surface area contributed by atoms with E-state index < -0.39 is 0 Å². The predicted octanol–water partition coefficient (Wildman–Crippen LogP) is 2.89. The molecule has 0 saturated carbocycles. The zero-order valence-corrected chi connectivity index (χ0v) is 12.2. The zero-order chi connectivity index (χ0) is 14.2. The second-order valence-corrected chi connectivity index (χ2v) is 5.26. The van der Waals surface area contributed by atoms with E-state index in [1.807, 2.05) is 18.2 Å². The van der Waals surface area contributed by atoms with Crippen molar-refractivity contribution in [2.75, 3.05) is 5.75 Å². The third kappa shape index (κ3) is 4.38. The van der Waals surface area contributed by atoms with Crippen LogP contribution in [0.5, 0.6) is 0 Å². The fourth-order valence-corrected chi connectivity index (χ4v) is 2.38. The number of amides is 1. The summed E-state index contributed by atoms with van der Waals surface area (Å²) in [4.78, 5) is 11.8. The maximum atomic E-state index is 11.8. The predicted molar refractivity (Wildman–Crippen MR) is 77.5 cm³/mol. The van der Waals surface area contributed by atoms with Crippen LogP contribution in [0.1, 0.15) is 36.0 Å². The largest absolute Gasteiger partial charge is 0.414 e. The van der Waals surface area contributed by atoms with Crippen LogP contribution in [0.4, 0.5) is 0 Å². The lowest BCUT2D eigenvalue weighted by Crippen LogP contribution is -2.22. The fraction of sp³-hybridized carbons (Fsp3) is 0.357. The van der Waals surface area contributed by atoms with Crippen molar-refractivity contribution in [2.45, 2.75) is 31.5 Å². The van der Waals surface area contributed by atoms with Crippen molar-refractivity contribution in [3.63, 3.8) is 0 Å². The second-order valence-electron chi connectivity index (χ2n) is 4.21. The van der Waals surface area contributed by atoms with E-state index in [0.29, 0.717) is 16.7 Å². The summed E-state index contributed by atoms with van der Waals surface area (Å²) in [6, 6.07) is 9.03. The van der Waals surface area contributed by atoms with Crippen LogP contribution in [0.3, 0.4) is 0 Å². The molecular formula is C14H17N3O2S. The number of hydrogen-bond acceptors (Lipinski definition) is 5. The molecule has 5 nitrogen and oxygen atoms in total. The number of aromatic nitrogens is 2. The van der Waals surface area contributed by atoms with Crippen molar-refractivity contribution in [3.05, 3.63) is 41.8 Å². The Bertz CT molecular complexity index is 542. The molecule has 0 unspecified atom stereocenters. The third-order valence-corrected chi connectivity index (χ3v) is 3.51. The van der Waals surface area contributed by atoms with Crippen LogP contribution in [-0.4, -0.2) is 21.9 Å². The van der Waals surface area contributed by atoms with Crippen molar-refractivity contribution in [2.24, 2.45) is 0 Å². The smallest absolute Gasteiger partial charge is 0.276 e. The van der Waals surface area contributed by atoms with Crippen LogP contribution < -0.4 is 5.32 Å². The zero-order valence-electron chi connectivity index (χ0n) is 11.3. The second kappa shape index (κ2) is 7.69. The summed E-state index contributed by atoms with van der Waals surface area (Å²) in [5.74, 6) is 1.24. The number of carbonyl (C=O) groups excluding carboxylic acids is 1. The highest BCUT2D eigenvalue weighted by Crippen LogP contribution is 2.17. The molecule has 1 N–H and O–H groups in total. The number of nitrogens with zero attached hydrogens (tertiary/aromatic N) is 2. The van der Waals surface area contributed by atoms with Gasteiger partial charge in [-0.3, -0.25) is 4.79 Å². The van der Waals surface area contributed by atoms with E-state index in [1.54, 1.807) is 23.9 Å². The van der Waals surface area contributed by atoms with Crippen LogP contribution in [0.15, 0.2) is 40.0 Å². The van der Waals surface area contributed by atoms with Gasteiger partial charge in [0.2, 0.25) is 5.89 Å². The van der Waals surface area contributed by atoms with Crippen LogP contribution in [0.2, 0.25) is 0 Å². The van der Waals surface area contributed by atoms with E-state index in [4.69, 9.17) is 4.42 Å². The lowest BCUT2D eigenvalue weighted by atomic mass is 10.2. The average Bonchev–Trinajstić information content (AvgIpc) is 2.94. The van der Waals surface area contributed by atoms with Crippen molar-refractivity contribution in [1.82, 2.24) is 15.5 Å². The van der Waals surface area contributed by atoms with E-state index in [0.717, 1.165) is 18.6 Å². The normalized spacial score (nSPS) is 10.4. The molecule has 0 saturated heterocycles. The number of unbranched alkanes of at least 4 members (excludes halogenated alkanes) is 1. The standard InChI is InChI=1S/C14H17N3O2S/c1-2-3-9-20-14-17-16-12(19-14)10-15-13(18)11-7-5-4-6-8-11/h4-8H,2-3,9-10H2,1H3,(H,15,18). The first-order valence-electron chi connectivity index (χ1n) is 6.58. The maximum absolute atomic E-state index is 11.8. The SMILES string of the molecule is CCCCSc1nnc(CNC(=O)c2ccccc2)o1. The molecule has 106 valence electrons. The van der Waals surface area contributed by atoms with Gasteiger partial charge >= 0.3 is 0 Å². The van der Waals surface area contributed by atoms with E-state index >= 15 is 0 Å². The lowest BCUT2D eigenvalue weighted by Gasteiger charge is -2.01. The molecule has 0 bridgehead atoms. The van der Waals surface area contributed by atoms with Crippen molar-refractivity contribution in [3.8, 4) is 0 Å². The Hall–Kier alpha value is -1.82. The Morgan fingerprint density at radius 2 is 2.10 bits per heavy atom. The summed E-state index contributed by atoms with van der Waals surface area (Å²) >= 11 is 1.54. The summed E-state index contributed by atoms with van der Waals surface area (Å²) in [7, 11) is 0. The maximum Gasteiger partial charge on any atom is 0.276 e. The van der Waals surface area contributed by atoms with E-state index in [1.165, 1.54) is 0 Å². The minimum absolute atomic E-state index is 0.149. The number of rotatable bonds is 7. The minimum Gasteiger partial charge on any atom is -0.414 e. The summed E-state index contributed by atoms with van der Waals surface area (Å²) in [5, 5.41) is 11.2. The van der Waals surface area contributed by atoms with Gasteiger partial charge < -0.3 is 9.73 Å². The minimum atomic E-state index is -0.149. The third-order valence-electron chi connectivity index (χ3n) is 2.61. The van der Waals surface area contributed by atoms with Crippen molar-refractivity contribution < 1.29 is 9.21 Å². The Balaban J connectivity index is 1.81. The molecule has 0 fully saturated rings. The van der Waals surface area contributed by atoms with Gasteiger partial charge in [-0.15, -0.1) is 10.2 Å². The lowest BCUT2D eigenvalue weighted by molar-refractivity contribution is 0.0946. The van der Waals surface area contributed by atoms with Gasteiger partial charge in [-0.25, -0.2) is 0 Å². The summed E-state index contributed by atoms with van der Waals surface area (Å²) < 4.78 is 5.44. The Morgan fingerprint density at radius 1 is 1.30 bits per heavy atom.